The molecule has 1 aliphatic heterocycles. The van der Waals surface area contributed by atoms with Gasteiger partial charge in [0.25, 0.3) is 0 Å². The van der Waals surface area contributed by atoms with Crippen LogP contribution in [0.1, 0.15) is 58.3 Å². The average molecular weight is 425 g/mol. The van der Waals surface area contributed by atoms with Crippen LogP contribution in [0.3, 0.4) is 0 Å². The molecule has 7 nitrogen and oxygen atoms in total. The molecule has 0 bridgehead atoms. The molecule has 1 heterocycles. The van der Waals surface area contributed by atoms with Gasteiger partial charge in [-0.05, 0) is 50.8 Å². The van der Waals surface area contributed by atoms with Gasteiger partial charge in [0, 0.05) is 13.1 Å². The highest BCUT2D eigenvalue weighted by molar-refractivity contribution is 7.89. The maximum atomic E-state index is 13.0. The molecule has 162 valence electrons. The molecule has 3 rings (SSSR count). The molecular weight excluding hydrogens is 392 g/mol. The molecule has 0 unspecified atom stereocenters. The van der Waals surface area contributed by atoms with Crippen LogP contribution in [0.15, 0.2) is 23.1 Å². The Balaban J connectivity index is 1.71. The van der Waals surface area contributed by atoms with Gasteiger partial charge in [0.15, 0.2) is 0 Å². The third kappa shape index (κ3) is 5.93. The third-order valence-corrected chi connectivity index (χ3v) is 7.37. The van der Waals surface area contributed by atoms with Crippen molar-refractivity contribution in [2.45, 2.75) is 69.3 Å². The van der Waals surface area contributed by atoms with Crippen LogP contribution in [0.25, 0.3) is 0 Å². The fourth-order valence-electron chi connectivity index (χ4n) is 3.91. The molecule has 1 amide bonds. The van der Waals surface area contributed by atoms with E-state index in [2.05, 4.69) is 5.32 Å². The van der Waals surface area contributed by atoms with Crippen LogP contribution < -0.4 is 10.1 Å². The lowest BCUT2D eigenvalue weighted by Crippen LogP contribution is -2.35. The van der Waals surface area contributed by atoms with Gasteiger partial charge in [-0.3, -0.25) is 4.79 Å². The molecule has 1 aromatic carbocycles. The lowest BCUT2D eigenvalue weighted by molar-refractivity contribution is -0.123. The first-order valence-corrected chi connectivity index (χ1v) is 12.1. The SMILES string of the molecule is CCOc1ccc(S(=O)(=O)N2CCCCC2)cc1NC(=O)COC1CCCCC1. The first-order chi connectivity index (χ1) is 14.0. The summed E-state index contributed by atoms with van der Waals surface area (Å²) in [7, 11) is -3.59. The van der Waals surface area contributed by atoms with Crippen LogP contribution >= 0.6 is 0 Å². The molecule has 1 N–H and O–H groups in total. The van der Waals surface area contributed by atoms with Gasteiger partial charge in [-0.15, -0.1) is 0 Å². The van der Waals surface area contributed by atoms with E-state index in [1.807, 2.05) is 6.92 Å². The standard InChI is InChI=1S/C21H32N2O5S/c1-2-27-20-12-11-18(29(25,26)23-13-7-4-8-14-23)15-19(20)22-21(24)16-28-17-9-5-3-6-10-17/h11-12,15,17H,2-10,13-14,16H2,1H3,(H,22,24). The number of benzene rings is 1. The Labute approximate surface area is 173 Å². The smallest absolute Gasteiger partial charge is 0.250 e. The number of carbonyl (C=O) groups is 1. The molecule has 1 aliphatic carbocycles. The second-order valence-corrected chi connectivity index (χ2v) is 9.61. The van der Waals surface area contributed by atoms with Crippen LogP contribution in [0.5, 0.6) is 5.75 Å². The number of piperidine rings is 1. The van der Waals surface area contributed by atoms with Gasteiger partial charge in [0.1, 0.15) is 12.4 Å². The average Bonchev–Trinajstić information content (AvgIpc) is 2.75. The van der Waals surface area contributed by atoms with E-state index >= 15 is 0 Å². The predicted octanol–water partition coefficient (Wildman–Crippen LogP) is 3.55. The molecule has 1 saturated carbocycles. The van der Waals surface area contributed by atoms with E-state index in [4.69, 9.17) is 9.47 Å². The van der Waals surface area contributed by atoms with Gasteiger partial charge in [0.2, 0.25) is 15.9 Å². The van der Waals surface area contributed by atoms with E-state index in [1.165, 1.54) is 16.8 Å². The number of hydrogen-bond donors (Lipinski definition) is 1. The molecule has 0 radical (unpaired) electrons. The molecule has 1 saturated heterocycles. The quantitative estimate of drug-likeness (QED) is 0.690. The molecule has 0 spiro atoms. The Morgan fingerprint density at radius 1 is 1.10 bits per heavy atom. The van der Waals surface area contributed by atoms with Crippen LogP contribution in [-0.4, -0.2) is 51.0 Å². The summed E-state index contributed by atoms with van der Waals surface area (Å²) in [5, 5.41) is 2.78. The van der Waals surface area contributed by atoms with Gasteiger partial charge >= 0.3 is 0 Å². The van der Waals surface area contributed by atoms with E-state index < -0.39 is 10.0 Å². The van der Waals surface area contributed by atoms with E-state index in [0.29, 0.717) is 31.1 Å². The van der Waals surface area contributed by atoms with Crippen molar-refractivity contribution in [2.75, 3.05) is 31.6 Å². The Kier molecular flexibility index (Phi) is 7.91. The van der Waals surface area contributed by atoms with Gasteiger partial charge in [-0.2, -0.15) is 4.31 Å². The largest absolute Gasteiger partial charge is 0.492 e. The number of sulfonamides is 1. The Hall–Kier alpha value is -1.64. The minimum absolute atomic E-state index is 0.0423. The summed E-state index contributed by atoms with van der Waals surface area (Å²) < 4.78 is 38.8. The summed E-state index contributed by atoms with van der Waals surface area (Å²) in [6.07, 6.45) is 8.40. The van der Waals surface area contributed by atoms with Crippen molar-refractivity contribution >= 4 is 21.6 Å². The number of nitrogens with one attached hydrogen (secondary N) is 1. The van der Waals surface area contributed by atoms with Gasteiger partial charge in [0.05, 0.1) is 23.3 Å². The number of anilines is 1. The summed E-state index contributed by atoms with van der Waals surface area (Å²) in [6, 6.07) is 4.65. The summed E-state index contributed by atoms with van der Waals surface area (Å²) in [6.45, 7) is 3.29. The second kappa shape index (κ2) is 10.4. The van der Waals surface area contributed by atoms with Crippen molar-refractivity contribution < 1.29 is 22.7 Å². The van der Waals surface area contributed by atoms with Gasteiger partial charge < -0.3 is 14.8 Å². The first-order valence-electron chi connectivity index (χ1n) is 10.7. The Morgan fingerprint density at radius 3 is 2.48 bits per heavy atom. The number of amides is 1. The molecule has 2 aliphatic rings. The fourth-order valence-corrected chi connectivity index (χ4v) is 5.46. The maximum Gasteiger partial charge on any atom is 0.250 e. The predicted molar refractivity (Wildman–Crippen MR) is 112 cm³/mol. The van der Waals surface area contributed by atoms with Crippen molar-refractivity contribution in [1.82, 2.24) is 4.31 Å². The van der Waals surface area contributed by atoms with Crippen LogP contribution in [0.4, 0.5) is 5.69 Å². The number of carbonyl (C=O) groups excluding carboxylic acids is 1. The van der Waals surface area contributed by atoms with Crippen molar-refractivity contribution in [3.8, 4) is 5.75 Å². The zero-order chi connectivity index (χ0) is 20.7. The Bertz CT molecular complexity index is 784. The van der Waals surface area contributed by atoms with Crippen molar-refractivity contribution in [3.63, 3.8) is 0 Å². The lowest BCUT2D eigenvalue weighted by Gasteiger charge is -2.26. The molecule has 1 aromatic rings. The molecule has 29 heavy (non-hydrogen) atoms. The highest BCUT2D eigenvalue weighted by Gasteiger charge is 2.27. The van der Waals surface area contributed by atoms with Crippen molar-refractivity contribution in [1.29, 1.82) is 0 Å². The van der Waals surface area contributed by atoms with E-state index in [1.54, 1.807) is 12.1 Å². The van der Waals surface area contributed by atoms with Crippen LogP contribution in [-0.2, 0) is 19.6 Å². The summed E-state index contributed by atoms with van der Waals surface area (Å²) in [4.78, 5) is 12.6. The van der Waals surface area contributed by atoms with Crippen LogP contribution in [0, 0.1) is 0 Å². The number of ether oxygens (including phenoxy) is 2. The zero-order valence-electron chi connectivity index (χ0n) is 17.2. The van der Waals surface area contributed by atoms with Crippen molar-refractivity contribution in [2.24, 2.45) is 0 Å². The molecule has 8 heteroatoms. The number of rotatable bonds is 8. The topological polar surface area (TPSA) is 84.9 Å². The highest BCUT2D eigenvalue weighted by Crippen LogP contribution is 2.30. The molecular formula is C21H32N2O5S. The van der Waals surface area contributed by atoms with E-state index in [-0.39, 0.29) is 23.5 Å². The molecule has 0 aromatic heterocycles. The maximum absolute atomic E-state index is 13.0. The minimum Gasteiger partial charge on any atom is -0.492 e. The van der Waals surface area contributed by atoms with Crippen molar-refractivity contribution in [3.05, 3.63) is 18.2 Å². The fraction of sp³-hybridized carbons (Fsp3) is 0.667. The second-order valence-electron chi connectivity index (χ2n) is 7.67. The van der Waals surface area contributed by atoms with E-state index in [0.717, 1.165) is 44.9 Å². The summed E-state index contributed by atoms with van der Waals surface area (Å²) >= 11 is 0. The highest BCUT2D eigenvalue weighted by atomic mass is 32.2. The monoisotopic (exact) mass is 424 g/mol. The number of hydrogen-bond acceptors (Lipinski definition) is 5. The van der Waals surface area contributed by atoms with Gasteiger partial charge in [-0.25, -0.2) is 8.42 Å². The zero-order valence-corrected chi connectivity index (χ0v) is 18.0. The minimum atomic E-state index is -3.59. The molecule has 2 fully saturated rings. The van der Waals surface area contributed by atoms with E-state index in [9.17, 15) is 13.2 Å². The van der Waals surface area contributed by atoms with Crippen LogP contribution in [0.2, 0.25) is 0 Å². The summed E-state index contributed by atoms with van der Waals surface area (Å²) in [5.41, 5.74) is 0.363. The third-order valence-electron chi connectivity index (χ3n) is 5.48. The van der Waals surface area contributed by atoms with Gasteiger partial charge in [-0.1, -0.05) is 25.7 Å². The lowest BCUT2D eigenvalue weighted by atomic mass is 9.98. The first kappa shape index (κ1) is 22.1. The summed E-state index contributed by atoms with van der Waals surface area (Å²) in [5.74, 6) is 0.153. The number of nitrogens with zero attached hydrogens (tertiary/aromatic N) is 1. The normalized spacial score (nSPS) is 19.1. The Morgan fingerprint density at radius 2 is 1.79 bits per heavy atom. The molecule has 0 atom stereocenters.